The van der Waals surface area contributed by atoms with E-state index in [-0.39, 0.29) is 18.6 Å². The fraction of sp³-hybridized carbons (Fsp3) is 0.500. The molecule has 2 fully saturated rings. The monoisotopic (exact) mass is 343 g/mol. The molecule has 7 nitrogen and oxygen atoms in total. The Morgan fingerprint density at radius 1 is 1.48 bits per heavy atom. The number of allylic oxidation sites excluding steroid dienone is 2. The van der Waals surface area contributed by atoms with Crippen LogP contribution >= 0.6 is 0 Å². The lowest BCUT2D eigenvalue weighted by Gasteiger charge is -2.13. The van der Waals surface area contributed by atoms with E-state index in [2.05, 4.69) is 16.4 Å². The van der Waals surface area contributed by atoms with Gasteiger partial charge in [0.1, 0.15) is 11.9 Å². The fourth-order valence-corrected chi connectivity index (χ4v) is 3.84. The van der Waals surface area contributed by atoms with Gasteiger partial charge in [-0.3, -0.25) is 9.69 Å². The number of carbonyl (C=O) groups excluding carboxylic acids is 2. The quantitative estimate of drug-likeness (QED) is 0.838. The topological polar surface area (TPSA) is 91.8 Å². The van der Waals surface area contributed by atoms with Gasteiger partial charge < -0.3 is 15.2 Å². The molecule has 0 unspecified atom stereocenters. The maximum atomic E-state index is 12.0. The van der Waals surface area contributed by atoms with Crippen molar-refractivity contribution in [2.45, 2.75) is 19.4 Å². The van der Waals surface area contributed by atoms with Crippen molar-refractivity contribution in [1.82, 2.24) is 10.3 Å². The molecule has 7 heteroatoms. The zero-order chi connectivity index (χ0) is 17.6. The van der Waals surface area contributed by atoms with Gasteiger partial charge in [0.05, 0.1) is 13.1 Å². The Hall–Kier alpha value is -2.41. The van der Waals surface area contributed by atoms with Crippen LogP contribution in [0, 0.1) is 17.8 Å². The summed E-state index contributed by atoms with van der Waals surface area (Å²) in [6.45, 7) is 2.38. The lowest BCUT2D eigenvalue weighted by molar-refractivity contribution is -0.119. The van der Waals surface area contributed by atoms with E-state index >= 15 is 0 Å². The number of hydrogen-bond donors (Lipinski definition) is 2. The predicted molar refractivity (Wildman–Crippen MR) is 90.7 cm³/mol. The summed E-state index contributed by atoms with van der Waals surface area (Å²) in [4.78, 5) is 28.9. The number of hydrogen-bond acceptors (Lipinski definition) is 5. The van der Waals surface area contributed by atoms with Crippen LogP contribution in [0.2, 0.25) is 0 Å². The number of carbonyl (C=O) groups is 2. The lowest BCUT2D eigenvalue weighted by Crippen LogP contribution is -2.33. The van der Waals surface area contributed by atoms with Gasteiger partial charge in [0.25, 0.3) is 0 Å². The van der Waals surface area contributed by atoms with E-state index in [0.717, 1.165) is 12.0 Å². The van der Waals surface area contributed by atoms with Crippen LogP contribution in [-0.4, -0.2) is 47.9 Å². The van der Waals surface area contributed by atoms with E-state index in [1.807, 2.05) is 12.1 Å². The molecule has 1 saturated carbocycles. The summed E-state index contributed by atoms with van der Waals surface area (Å²) < 4.78 is 5.25. The van der Waals surface area contributed by atoms with Crippen molar-refractivity contribution in [1.29, 1.82) is 0 Å². The van der Waals surface area contributed by atoms with Gasteiger partial charge in [-0.2, -0.15) is 0 Å². The first kappa shape index (κ1) is 16.1. The van der Waals surface area contributed by atoms with Crippen molar-refractivity contribution in [2.24, 2.45) is 17.8 Å². The Morgan fingerprint density at radius 3 is 2.92 bits per heavy atom. The molecule has 2 amide bonds. The zero-order valence-electron chi connectivity index (χ0n) is 14.0. The molecule has 1 aliphatic heterocycles. The number of fused-ring (bicyclic) bond motifs is 1. The van der Waals surface area contributed by atoms with Crippen LogP contribution in [0.15, 0.2) is 24.4 Å². The van der Waals surface area contributed by atoms with Crippen molar-refractivity contribution in [3.8, 4) is 0 Å². The van der Waals surface area contributed by atoms with E-state index in [1.54, 1.807) is 6.20 Å². The fourth-order valence-electron chi connectivity index (χ4n) is 3.84. The second-order valence-electron chi connectivity index (χ2n) is 6.94. The minimum atomic E-state index is -0.442. The molecule has 0 aromatic carbocycles. The first-order valence-corrected chi connectivity index (χ1v) is 8.57. The second-order valence-corrected chi connectivity index (χ2v) is 6.94. The molecule has 1 aromatic heterocycles. The van der Waals surface area contributed by atoms with E-state index in [1.165, 1.54) is 17.4 Å². The van der Waals surface area contributed by atoms with Crippen molar-refractivity contribution in [3.05, 3.63) is 30.0 Å². The van der Waals surface area contributed by atoms with Gasteiger partial charge in [-0.1, -0.05) is 6.08 Å². The Labute approximate surface area is 145 Å². The minimum absolute atomic E-state index is 0.150. The number of aromatic nitrogens is 1. The van der Waals surface area contributed by atoms with Crippen molar-refractivity contribution in [2.75, 3.05) is 24.6 Å². The first-order valence-electron chi connectivity index (χ1n) is 8.57. The highest BCUT2D eigenvalue weighted by atomic mass is 16.6. The molecule has 2 heterocycles. The smallest absolute Gasteiger partial charge is 0.416 e. The summed E-state index contributed by atoms with van der Waals surface area (Å²) >= 11 is 0. The summed E-state index contributed by atoms with van der Waals surface area (Å²) in [6.07, 6.45) is 4.21. The van der Waals surface area contributed by atoms with Crippen LogP contribution in [0.4, 0.5) is 10.6 Å². The van der Waals surface area contributed by atoms with E-state index in [4.69, 9.17) is 4.74 Å². The normalized spacial score (nSPS) is 29.9. The molecule has 0 radical (unpaired) electrons. The molecular formula is C18H21N3O4. The number of anilines is 1. The van der Waals surface area contributed by atoms with Crippen LogP contribution in [0.3, 0.4) is 0 Å². The molecule has 1 saturated heterocycles. The third-order valence-electron chi connectivity index (χ3n) is 5.31. The lowest BCUT2D eigenvalue weighted by atomic mass is 10.0. The van der Waals surface area contributed by atoms with Gasteiger partial charge in [-0.15, -0.1) is 0 Å². The predicted octanol–water partition coefficient (Wildman–Crippen LogP) is 1.18. The highest BCUT2D eigenvalue weighted by molar-refractivity contribution is 5.88. The average molecular weight is 343 g/mol. The summed E-state index contributed by atoms with van der Waals surface area (Å²) in [5.41, 5.74) is 2.33. The summed E-state index contributed by atoms with van der Waals surface area (Å²) in [7, 11) is 0. The van der Waals surface area contributed by atoms with Crippen LogP contribution in [0.1, 0.15) is 18.9 Å². The number of aliphatic hydroxyl groups excluding tert-OH is 1. The molecule has 4 rings (SSSR count). The van der Waals surface area contributed by atoms with Crippen molar-refractivity contribution < 1.29 is 19.4 Å². The number of ether oxygens (including phenoxy) is 1. The number of amides is 2. The third kappa shape index (κ3) is 3.00. The SMILES string of the molecule is CC(=O)NC[C@H]1CN(c2ccc(C3=C[C@H]4[C@H](CO)[C@H]4C3)cn2)C(=O)O1. The number of rotatable bonds is 5. The molecule has 132 valence electrons. The zero-order valence-corrected chi connectivity index (χ0v) is 14.0. The Morgan fingerprint density at radius 2 is 2.32 bits per heavy atom. The van der Waals surface area contributed by atoms with E-state index in [0.29, 0.717) is 36.7 Å². The molecule has 25 heavy (non-hydrogen) atoms. The van der Waals surface area contributed by atoms with E-state index < -0.39 is 6.09 Å². The Kier molecular flexibility index (Phi) is 3.95. The molecule has 0 spiro atoms. The standard InChI is InChI=1S/C18H21N3O4/c1-10(23)19-7-13-8-21(18(24)25-13)17-3-2-11(6-20-17)12-4-14-15(5-12)16(14)9-22/h2-4,6,13-16,22H,5,7-9H2,1H3,(H,19,23)/t13-,14+,15-,16-/m0/s1. The number of nitrogens with zero attached hydrogens (tertiary/aromatic N) is 2. The Balaban J connectivity index is 1.40. The van der Waals surface area contributed by atoms with Crippen molar-refractivity contribution >= 4 is 23.4 Å². The Bertz CT molecular complexity index is 730. The number of pyridine rings is 1. The number of aliphatic hydroxyl groups is 1. The maximum Gasteiger partial charge on any atom is 0.416 e. The molecule has 4 atom stereocenters. The van der Waals surface area contributed by atoms with Gasteiger partial charge >= 0.3 is 6.09 Å². The molecular weight excluding hydrogens is 322 g/mol. The van der Waals surface area contributed by atoms with Gasteiger partial charge in [-0.05, 0) is 47.4 Å². The van der Waals surface area contributed by atoms with Crippen LogP contribution in [0.25, 0.3) is 5.57 Å². The van der Waals surface area contributed by atoms with Gasteiger partial charge in [0.2, 0.25) is 5.91 Å². The van der Waals surface area contributed by atoms with Crippen LogP contribution in [-0.2, 0) is 9.53 Å². The van der Waals surface area contributed by atoms with E-state index in [9.17, 15) is 14.7 Å². The average Bonchev–Trinajstić information content (AvgIpc) is 2.94. The summed E-state index contributed by atoms with van der Waals surface area (Å²) in [5, 5.41) is 11.9. The molecule has 3 aliphatic rings. The second kappa shape index (κ2) is 6.15. The van der Waals surface area contributed by atoms with Crippen LogP contribution in [0.5, 0.6) is 0 Å². The maximum absolute atomic E-state index is 12.0. The number of nitrogens with one attached hydrogen (secondary N) is 1. The van der Waals surface area contributed by atoms with Crippen LogP contribution < -0.4 is 10.2 Å². The summed E-state index contributed by atoms with van der Waals surface area (Å²) in [6, 6.07) is 3.80. The van der Waals surface area contributed by atoms with Gasteiger partial charge in [0, 0.05) is 19.7 Å². The molecule has 1 aromatic rings. The van der Waals surface area contributed by atoms with Crippen molar-refractivity contribution in [3.63, 3.8) is 0 Å². The largest absolute Gasteiger partial charge is 0.442 e. The minimum Gasteiger partial charge on any atom is -0.442 e. The first-order chi connectivity index (χ1) is 12.1. The molecule has 2 aliphatic carbocycles. The van der Waals surface area contributed by atoms with Gasteiger partial charge in [-0.25, -0.2) is 9.78 Å². The molecule has 2 N–H and O–H groups in total. The molecule has 0 bridgehead atoms. The highest BCUT2D eigenvalue weighted by Gasteiger charge is 2.51. The highest BCUT2D eigenvalue weighted by Crippen LogP contribution is 2.57. The van der Waals surface area contributed by atoms with Gasteiger partial charge in [0.15, 0.2) is 0 Å². The number of cyclic esters (lactones) is 1. The third-order valence-corrected chi connectivity index (χ3v) is 5.31. The summed E-state index contributed by atoms with van der Waals surface area (Å²) in [5.74, 6) is 1.95.